The summed E-state index contributed by atoms with van der Waals surface area (Å²) in [6.45, 7) is 0. The van der Waals surface area contributed by atoms with Crippen LogP contribution in [0.5, 0.6) is 0 Å². The molecule has 0 aliphatic heterocycles. The fraction of sp³-hybridized carbons (Fsp3) is 0. The molecular weight excluding hydrogens is 556 g/mol. The second-order valence-corrected chi connectivity index (χ2v) is 11.1. The number of hydrogen-bond donors (Lipinski definition) is 0. The summed E-state index contributed by atoms with van der Waals surface area (Å²) >= 11 is 0. The first kappa shape index (κ1) is 36.7. The van der Waals surface area contributed by atoms with Gasteiger partial charge in [0.2, 0.25) is 0 Å². The van der Waals surface area contributed by atoms with Crippen LogP contribution in [0.25, 0.3) is 0 Å². The van der Waals surface area contributed by atoms with E-state index >= 15 is 0 Å². The van der Waals surface area contributed by atoms with E-state index in [2.05, 4.69) is 6.07 Å². The van der Waals surface area contributed by atoms with E-state index in [1.54, 1.807) is 36.4 Å². The monoisotopic (exact) mass is 568 g/mol. The van der Waals surface area contributed by atoms with Gasteiger partial charge in [0.15, 0.2) is 0 Å². The summed E-state index contributed by atoms with van der Waals surface area (Å²) < 4.78 is 93.7. The van der Waals surface area contributed by atoms with Crippen LogP contribution in [-0.4, -0.2) is 38.6 Å². The normalized spacial score (nSPS) is 10.4. The van der Waals surface area contributed by atoms with Crippen LogP contribution in [0.3, 0.4) is 0 Å². The molecule has 0 bridgehead atoms. The van der Waals surface area contributed by atoms with Crippen molar-refractivity contribution in [1.29, 1.82) is 0 Å². The van der Waals surface area contributed by atoms with Crippen LogP contribution in [0.2, 0.25) is 0 Å². The second-order valence-electron chi connectivity index (χ2n) is 5.70. The summed E-state index contributed by atoms with van der Waals surface area (Å²) in [5, 5.41) is 1.82. The maximum atomic E-state index is 11.4. The van der Waals surface area contributed by atoms with Crippen molar-refractivity contribution in [2.75, 3.05) is 0 Å². The van der Waals surface area contributed by atoms with Crippen LogP contribution in [0.15, 0.2) is 82.6 Å². The smallest absolute Gasteiger partial charge is 0.744 e. The van der Waals surface area contributed by atoms with Crippen molar-refractivity contribution < 1.29 is 127 Å². The van der Waals surface area contributed by atoms with Gasteiger partial charge in [-0.2, -0.15) is 30.3 Å². The Bertz CT molecular complexity index is 1320. The number of rotatable bonds is 5. The third-order valence-corrected chi connectivity index (χ3v) is 7.72. The molecule has 0 radical (unpaired) electrons. The van der Waals surface area contributed by atoms with Gasteiger partial charge in [-0.1, -0.05) is 32.2 Å². The average Bonchev–Trinajstić information content (AvgIpc) is 2.68. The first-order chi connectivity index (χ1) is 14.4. The minimum atomic E-state index is -4.65. The number of hydrogen-bond acceptors (Lipinski definition) is 9. The molecule has 0 aromatic heterocycles. The van der Waals surface area contributed by atoms with Crippen molar-refractivity contribution >= 4 is 54.7 Å². The van der Waals surface area contributed by atoms with E-state index in [1.807, 2.05) is 0 Å². The molecule has 0 fully saturated rings. The zero-order valence-electron chi connectivity index (χ0n) is 18.3. The van der Waals surface area contributed by atoms with E-state index < -0.39 is 38.8 Å². The van der Waals surface area contributed by atoms with E-state index in [4.69, 9.17) is 12.6 Å². The first-order valence-electron chi connectivity index (χ1n) is 8.04. The molecule has 0 saturated heterocycles. The van der Waals surface area contributed by atoms with Crippen LogP contribution in [0.1, 0.15) is 0 Å². The van der Waals surface area contributed by atoms with Crippen molar-refractivity contribution in [1.82, 2.24) is 0 Å². The van der Waals surface area contributed by atoms with Crippen molar-refractivity contribution in [3.05, 3.63) is 78.9 Å². The van der Waals surface area contributed by atoms with Crippen LogP contribution in [-0.2, 0) is 30.8 Å². The van der Waals surface area contributed by atoms with Gasteiger partial charge in [-0.15, -0.1) is 17.9 Å². The van der Waals surface area contributed by atoms with Gasteiger partial charge in [0.1, 0.15) is 20.2 Å². The molecule has 164 valence electrons. The van der Waals surface area contributed by atoms with Crippen LogP contribution >= 0.6 is 7.92 Å². The van der Waals surface area contributed by atoms with Gasteiger partial charge >= 0.3 is 99.3 Å². The Hall–Kier alpha value is 0.530. The van der Waals surface area contributed by atoms with Crippen molar-refractivity contribution in [2.24, 2.45) is 0 Å². The van der Waals surface area contributed by atoms with Gasteiger partial charge < -0.3 is 9.11 Å². The molecule has 0 unspecified atom stereocenters. The minimum Gasteiger partial charge on any atom is -0.744 e. The summed E-state index contributed by atoms with van der Waals surface area (Å²) in [5.74, 6) is 0. The van der Waals surface area contributed by atoms with Gasteiger partial charge in [0, 0.05) is 0 Å². The Labute approximate surface area is 266 Å². The van der Waals surface area contributed by atoms with E-state index in [9.17, 15) is 25.9 Å². The number of benzene rings is 3. The Kier molecular flexibility index (Phi) is 17.7. The van der Waals surface area contributed by atoms with Gasteiger partial charge in [-0.3, -0.25) is 0 Å². The largest absolute Gasteiger partial charge is 1.00 e. The summed E-state index contributed by atoms with van der Waals surface area (Å²) in [4.78, 5) is -0.750. The molecule has 0 saturated carbocycles. The molecular formula is C18H12Na3O9PS3. The van der Waals surface area contributed by atoms with Crippen molar-refractivity contribution in [2.45, 2.75) is 9.79 Å². The molecule has 34 heavy (non-hydrogen) atoms. The Balaban J connectivity index is 0. The fourth-order valence-corrected chi connectivity index (χ4v) is 6.07. The van der Waals surface area contributed by atoms with Crippen molar-refractivity contribution in [3.63, 3.8) is 0 Å². The second kappa shape index (κ2) is 16.4. The Morgan fingerprint density at radius 3 is 1.38 bits per heavy atom. The predicted octanol–water partition coefficient (Wildman–Crippen LogP) is -8.94. The van der Waals surface area contributed by atoms with Gasteiger partial charge in [-0.25, -0.2) is 16.8 Å². The average molecular weight is 568 g/mol. The fourth-order valence-electron chi connectivity index (χ4n) is 2.53. The topological polar surface area (TPSA) is 166 Å². The third kappa shape index (κ3) is 11.7. The quantitative estimate of drug-likeness (QED) is 0.126. The van der Waals surface area contributed by atoms with E-state index in [-0.39, 0.29) is 98.5 Å². The van der Waals surface area contributed by atoms with Gasteiger partial charge in [-0.05, 0) is 34.9 Å². The zero-order valence-corrected chi connectivity index (χ0v) is 27.6. The molecule has 0 heterocycles. The van der Waals surface area contributed by atoms with Gasteiger partial charge in [0.25, 0.3) is 0 Å². The van der Waals surface area contributed by atoms with Crippen LogP contribution in [0, 0.1) is 6.07 Å². The molecule has 3 aromatic carbocycles. The molecule has 0 spiro atoms. The predicted molar refractivity (Wildman–Crippen MR) is 110 cm³/mol. The minimum absolute atomic E-state index is 0. The van der Waals surface area contributed by atoms with E-state index in [0.29, 0.717) is 10.6 Å². The molecule has 0 amide bonds. The molecule has 16 heteroatoms. The van der Waals surface area contributed by atoms with Crippen molar-refractivity contribution in [3.8, 4) is 0 Å². The van der Waals surface area contributed by atoms with Crippen LogP contribution in [0.4, 0.5) is 0 Å². The van der Waals surface area contributed by atoms with Gasteiger partial charge in [0.05, 0.1) is 9.79 Å². The maximum Gasteiger partial charge on any atom is 1.00 e. The Morgan fingerprint density at radius 1 is 0.676 bits per heavy atom. The SMILES string of the molecule is O=S(=O)([O-])c1cccc(P(c2c[c-]ccc2)c2cccc(S(=O)(=O)[O-])c2)c1.O=S(=O)=O.[Na+].[Na+].[Na+]. The van der Waals surface area contributed by atoms with E-state index in [1.165, 1.54) is 36.4 Å². The first-order valence-corrected chi connectivity index (χ1v) is 13.2. The maximum absolute atomic E-state index is 11.4. The van der Waals surface area contributed by atoms with E-state index in [0.717, 1.165) is 5.30 Å². The molecule has 0 atom stereocenters. The van der Waals surface area contributed by atoms with Crippen LogP contribution < -0.4 is 105 Å². The molecule has 0 aliphatic rings. The zero-order chi connectivity index (χ0) is 23.2. The molecule has 3 aromatic rings. The molecule has 9 nitrogen and oxygen atoms in total. The third-order valence-electron chi connectivity index (χ3n) is 3.68. The molecule has 3 rings (SSSR count). The summed E-state index contributed by atoms with van der Waals surface area (Å²) in [6, 6.07) is 21.0. The molecule has 0 N–H and O–H groups in total. The molecule has 0 aliphatic carbocycles. The summed E-state index contributed by atoms with van der Waals surface area (Å²) in [6.07, 6.45) is 0. The summed E-state index contributed by atoms with van der Waals surface area (Å²) in [7, 11) is -13.8. The summed E-state index contributed by atoms with van der Waals surface area (Å²) in [5.41, 5.74) is 0. The standard InChI is InChI=1S/C18H14O6PS2.3Na.O3S/c19-26(20,21)17-10-4-8-15(12-17)25(14-6-2-1-3-7-14)16-9-5-11-18(13-16)27(22,23)24;;;;1-4(2)3/h1-2,4-13H,(H,19,20,21)(H,22,23,24);;;;/q-1;3*+1;/p-2. The Morgan fingerprint density at radius 2 is 1.06 bits per heavy atom.